The van der Waals surface area contributed by atoms with Gasteiger partial charge in [0, 0.05) is 18.2 Å². The molecule has 0 fully saturated rings. The number of nitrogens with zero attached hydrogens (tertiary/aromatic N) is 3. The minimum absolute atomic E-state index is 0.910. The summed E-state index contributed by atoms with van der Waals surface area (Å²) < 4.78 is 0. The van der Waals surface area contributed by atoms with Crippen molar-refractivity contribution in [1.82, 2.24) is 15.4 Å². The zero-order valence-corrected chi connectivity index (χ0v) is 10.5. The van der Waals surface area contributed by atoms with E-state index >= 15 is 0 Å². The van der Waals surface area contributed by atoms with Crippen molar-refractivity contribution in [3.8, 4) is 22.5 Å². The van der Waals surface area contributed by atoms with Gasteiger partial charge in [0.2, 0.25) is 0 Å². The van der Waals surface area contributed by atoms with E-state index in [9.17, 15) is 0 Å². The lowest BCUT2D eigenvalue weighted by molar-refractivity contribution is 0.943. The summed E-state index contributed by atoms with van der Waals surface area (Å²) in [6.45, 7) is 0. The van der Waals surface area contributed by atoms with E-state index in [4.69, 9.17) is 0 Å². The van der Waals surface area contributed by atoms with E-state index in [1.165, 1.54) is 0 Å². The van der Waals surface area contributed by atoms with Gasteiger partial charge in [0.1, 0.15) is 11.4 Å². The fraction of sp³-hybridized carbons (Fsp3) is 0.0667. The normalized spacial score (nSPS) is 12.4. The molecule has 1 aliphatic rings. The van der Waals surface area contributed by atoms with Crippen molar-refractivity contribution in [2.24, 2.45) is 0 Å². The molecule has 0 saturated heterocycles. The smallest absolute Gasteiger partial charge is 0.122 e. The molecule has 0 atom stereocenters. The summed E-state index contributed by atoms with van der Waals surface area (Å²) in [5.74, 6) is 0. The highest BCUT2D eigenvalue weighted by molar-refractivity contribution is 5.95. The summed E-state index contributed by atoms with van der Waals surface area (Å²) in [7, 11) is 2.08. The van der Waals surface area contributed by atoms with Crippen LogP contribution in [-0.2, 0) is 0 Å². The first-order valence-electron chi connectivity index (χ1n) is 6.19. The lowest BCUT2D eigenvalue weighted by atomic mass is 10.1. The molecule has 1 N–H and O–H groups in total. The maximum Gasteiger partial charge on any atom is 0.122 e. The van der Waals surface area contributed by atoms with Gasteiger partial charge in [-0.15, -0.1) is 0 Å². The van der Waals surface area contributed by atoms with Gasteiger partial charge in [-0.25, -0.2) is 0 Å². The highest BCUT2D eigenvalue weighted by Crippen LogP contribution is 2.44. The van der Waals surface area contributed by atoms with Gasteiger partial charge in [0.25, 0.3) is 0 Å². The molecule has 3 aromatic rings. The molecule has 1 aliphatic heterocycles. The van der Waals surface area contributed by atoms with Crippen LogP contribution in [0.3, 0.4) is 0 Å². The van der Waals surface area contributed by atoms with Crippen LogP contribution in [0.15, 0.2) is 48.5 Å². The molecule has 1 aromatic heterocycles. The molecule has 4 rings (SSSR count). The molecule has 0 radical (unpaired) electrons. The third-order valence-corrected chi connectivity index (χ3v) is 3.59. The number of fused-ring (bicyclic) bond motifs is 5. The van der Waals surface area contributed by atoms with Gasteiger partial charge in [-0.1, -0.05) is 36.4 Å². The van der Waals surface area contributed by atoms with E-state index in [1.807, 2.05) is 24.3 Å². The van der Waals surface area contributed by atoms with Crippen LogP contribution in [0.5, 0.6) is 0 Å². The number of hydrogen-bond donors (Lipinski definition) is 1. The molecule has 0 bridgehead atoms. The number of anilines is 2. The van der Waals surface area contributed by atoms with Crippen molar-refractivity contribution < 1.29 is 0 Å². The largest absolute Gasteiger partial charge is 0.344 e. The van der Waals surface area contributed by atoms with Crippen molar-refractivity contribution >= 4 is 11.4 Å². The highest BCUT2D eigenvalue weighted by atomic mass is 15.3. The topological polar surface area (TPSA) is 44.8 Å². The molecule has 0 saturated carbocycles. The maximum atomic E-state index is 4.33. The summed E-state index contributed by atoms with van der Waals surface area (Å²) in [5.41, 5.74) is 6.31. The van der Waals surface area contributed by atoms with Crippen molar-refractivity contribution in [2.75, 3.05) is 11.9 Å². The van der Waals surface area contributed by atoms with Gasteiger partial charge >= 0.3 is 0 Å². The fourth-order valence-corrected chi connectivity index (χ4v) is 2.67. The van der Waals surface area contributed by atoms with Gasteiger partial charge in [-0.2, -0.15) is 15.4 Å². The summed E-state index contributed by atoms with van der Waals surface area (Å²) in [6.07, 6.45) is 0. The molecule has 0 unspecified atom stereocenters. The molecule has 2 aromatic carbocycles. The van der Waals surface area contributed by atoms with E-state index < -0.39 is 0 Å². The van der Waals surface area contributed by atoms with Crippen molar-refractivity contribution in [3.05, 3.63) is 48.5 Å². The standard InChI is InChI=1S/C15H12N4/c1-19-12-8-4-2-6-10(12)14-15(17-18-16-14)11-7-3-5-9-13(11)19/h2-9H,1H3,(H,16,17,18). The number of nitrogens with one attached hydrogen (secondary N) is 1. The number of aromatic amines is 1. The highest BCUT2D eigenvalue weighted by Gasteiger charge is 2.24. The Labute approximate surface area is 110 Å². The lowest BCUT2D eigenvalue weighted by Gasteiger charge is -2.21. The van der Waals surface area contributed by atoms with Crippen molar-refractivity contribution in [2.45, 2.75) is 0 Å². The van der Waals surface area contributed by atoms with Crippen LogP contribution < -0.4 is 4.90 Å². The number of rotatable bonds is 0. The van der Waals surface area contributed by atoms with E-state index in [0.29, 0.717) is 0 Å². The molecule has 0 aliphatic carbocycles. The second-order valence-corrected chi connectivity index (χ2v) is 4.61. The van der Waals surface area contributed by atoms with Crippen LogP contribution in [-0.4, -0.2) is 22.5 Å². The third kappa shape index (κ3) is 1.34. The number of aromatic nitrogens is 3. The number of hydrogen-bond acceptors (Lipinski definition) is 3. The zero-order valence-electron chi connectivity index (χ0n) is 10.5. The second kappa shape index (κ2) is 3.68. The second-order valence-electron chi connectivity index (χ2n) is 4.61. The van der Waals surface area contributed by atoms with Crippen LogP contribution in [0.2, 0.25) is 0 Å². The Morgan fingerprint density at radius 2 is 1.26 bits per heavy atom. The zero-order chi connectivity index (χ0) is 12.8. The number of para-hydroxylation sites is 2. The number of H-pyrrole nitrogens is 1. The summed E-state index contributed by atoms with van der Waals surface area (Å²) >= 11 is 0. The van der Waals surface area contributed by atoms with E-state index in [2.05, 4.69) is 51.6 Å². The molecule has 0 spiro atoms. The van der Waals surface area contributed by atoms with Gasteiger partial charge in [0.15, 0.2) is 0 Å². The average molecular weight is 248 g/mol. The molecule has 2 heterocycles. The Bertz CT molecular complexity index is 698. The fourth-order valence-electron chi connectivity index (χ4n) is 2.67. The number of benzene rings is 2. The van der Waals surface area contributed by atoms with Crippen molar-refractivity contribution in [1.29, 1.82) is 0 Å². The summed E-state index contributed by atoms with van der Waals surface area (Å²) in [5, 5.41) is 11.4. The summed E-state index contributed by atoms with van der Waals surface area (Å²) in [4.78, 5) is 2.19. The Morgan fingerprint density at radius 3 is 1.79 bits per heavy atom. The predicted molar refractivity (Wildman–Crippen MR) is 75.3 cm³/mol. The molecule has 19 heavy (non-hydrogen) atoms. The van der Waals surface area contributed by atoms with Crippen LogP contribution >= 0.6 is 0 Å². The van der Waals surface area contributed by atoms with Crippen molar-refractivity contribution in [3.63, 3.8) is 0 Å². The van der Waals surface area contributed by atoms with Gasteiger partial charge < -0.3 is 4.90 Å². The molecular weight excluding hydrogens is 236 g/mol. The lowest BCUT2D eigenvalue weighted by Crippen LogP contribution is -2.10. The third-order valence-electron chi connectivity index (χ3n) is 3.59. The Balaban J connectivity index is 2.15. The Kier molecular flexibility index (Phi) is 2.00. The minimum Gasteiger partial charge on any atom is -0.344 e. The van der Waals surface area contributed by atoms with Crippen LogP contribution in [0.25, 0.3) is 22.5 Å². The molecule has 92 valence electrons. The quantitative estimate of drug-likeness (QED) is 0.664. The molecular formula is C15H12N4. The van der Waals surface area contributed by atoms with Gasteiger partial charge in [0.05, 0.1) is 11.4 Å². The first kappa shape index (κ1) is 10.3. The van der Waals surface area contributed by atoms with E-state index in [1.54, 1.807) is 0 Å². The molecule has 0 amide bonds. The first-order valence-corrected chi connectivity index (χ1v) is 6.19. The van der Waals surface area contributed by atoms with Crippen LogP contribution in [0.4, 0.5) is 11.4 Å². The van der Waals surface area contributed by atoms with Crippen LogP contribution in [0, 0.1) is 0 Å². The average Bonchev–Trinajstić information content (AvgIpc) is 2.92. The predicted octanol–water partition coefficient (Wildman–Crippen LogP) is 3.22. The van der Waals surface area contributed by atoms with Crippen LogP contribution in [0.1, 0.15) is 0 Å². The monoisotopic (exact) mass is 248 g/mol. The van der Waals surface area contributed by atoms with E-state index in [-0.39, 0.29) is 0 Å². The minimum atomic E-state index is 0.910. The maximum absolute atomic E-state index is 4.33. The first-order chi connectivity index (χ1) is 9.36. The SMILES string of the molecule is CN1c2ccccc2-c2n[nH]nc2-c2ccccc21. The van der Waals surface area contributed by atoms with E-state index in [0.717, 1.165) is 33.9 Å². The Morgan fingerprint density at radius 1 is 0.789 bits per heavy atom. The summed E-state index contributed by atoms with van der Waals surface area (Å²) in [6, 6.07) is 16.5. The molecule has 4 nitrogen and oxygen atoms in total. The Hall–Kier alpha value is -2.62. The van der Waals surface area contributed by atoms with Gasteiger partial charge in [-0.05, 0) is 12.1 Å². The molecule has 4 heteroatoms. The van der Waals surface area contributed by atoms with Gasteiger partial charge in [-0.3, -0.25) is 0 Å².